The van der Waals surface area contributed by atoms with Crippen molar-refractivity contribution in [3.8, 4) is 5.75 Å². The lowest BCUT2D eigenvalue weighted by atomic mass is 9.93. The third kappa shape index (κ3) is 4.17. The molecule has 0 radical (unpaired) electrons. The van der Waals surface area contributed by atoms with Crippen LogP contribution in [0.4, 0.5) is 11.8 Å². The molecule has 0 fully saturated rings. The molecule has 1 atom stereocenters. The number of hydrogen-bond donors (Lipinski definition) is 4. The van der Waals surface area contributed by atoms with Crippen LogP contribution in [0.1, 0.15) is 31.9 Å². The van der Waals surface area contributed by atoms with E-state index in [0.717, 1.165) is 11.1 Å². The highest BCUT2D eigenvalue weighted by Gasteiger charge is 2.22. The van der Waals surface area contributed by atoms with Crippen molar-refractivity contribution in [1.82, 2.24) is 19.5 Å². The van der Waals surface area contributed by atoms with E-state index in [2.05, 4.69) is 25.6 Å². The van der Waals surface area contributed by atoms with Gasteiger partial charge in [-0.25, -0.2) is 4.98 Å². The van der Waals surface area contributed by atoms with Crippen LogP contribution < -0.4 is 10.6 Å². The molecule has 1 aromatic carbocycles. The van der Waals surface area contributed by atoms with Gasteiger partial charge in [0.25, 0.3) is 0 Å². The van der Waals surface area contributed by atoms with Crippen LogP contribution in [0.2, 0.25) is 0 Å². The summed E-state index contributed by atoms with van der Waals surface area (Å²) in [5.74, 6) is 1.34. The number of fused-ring (bicyclic) bond motifs is 1. The maximum atomic E-state index is 10.2. The number of phenolic OH excluding ortho intramolecular Hbond substituents is 1. The average molecular weight is 384 g/mol. The second-order valence-electron chi connectivity index (χ2n) is 7.80. The van der Waals surface area contributed by atoms with Crippen LogP contribution in [0.3, 0.4) is 0 Å². The lowest BCUT2D eigenvalue weighted by Crippen LogP contribution is -2.33. The van der Waals surface area contributed by atoms with Gasteiger partial charge in [0.1, 0.15) is 5.75 Å². The van der Waals surface area contributed by atoms with E-state index in [1.54, 1.807) is 20.2 Å². The van der Waals surface area contributed by atoms with Crippen LogP contribution in [-0.4, -0.2) is 41.9 Å². The van der Waals surface area contributed by atoms with Gasteiger partial charge in [0.2, 0.25) is 5.95 Å². The Kier molecular flexibility index (Phi) is 5.42. The largest absolute Gasteiger partial charge is 0.507 e. The molecule has 3 rings (SSSR count). The number of nitrogens with zero attached hydrogens (tertiary/aromatic N) is 4. The molecule has 8 nitrogen and oxygen atoms in total. The number of anilines is 2. The predicted octanol–water partition coefficient (Wildman–Crippen LogP) is 2.81. The van der Waals surface area contributed by atoms with Gasteiger partial charge in [-0.15, -0.1) is 0 Å². The van der Waals surface area contributed by atoms with Gasteiger partial charge in [-0.05, 0) is 26.3 Å². The number of hydrogen-bond acceptors (Lipinski definition) is 7. The molecule has 0 amide bonds. The van der Waals surface area contributed by atoms with Crippen molar-refractivity contribution < 1.29 is 10.2 Å². The molecular formula is C20H28N6O2. The van der Waals surface area contributed by atoms with Crippen molar-refractivity contribution in [2.75, 3.05) is 17.2 Å². The number of aliphatic hydroxyl groups is 1. The molecule has 0 aliphatic rings. The number of imidazole rings is 1. The highest BCUT2D eigenvalue weighted by molar-refractivity contribution is 5.84. The second-order valence-corrected chi connectivity index (χ2v) is 7.80. The van der Waals surface area contributed by atoms with E-state index in [4.69, 9.17) is 0 Å². The maximum Gasteiger partial charge on any atom is 0.226 e. The highest BCUT2D eigenvalue weighted by Crippen LogP contribution is 2.25. The topological polar surface area (TPSA) is 108 Å². The zero-order valence-electron chi connectivity index (χ0n) is 17.0. The summed E-state index contributed by atoms with van der Waals surface area (Å²) in [4.78, 5) is 13.5. The Bertz CT molecular complexity index is 977. The Morgan fingerprint density at radius 2 is 1.96 bits per heavy atom. The summed E-state index contributed by atoms with van der Waals surface area (Å²) >= 11 is 0. The number of nitrogens with one attached hydrogen (secondary N) is 2. The van der Waals surface area contributed by atoms with Crippen molar-refractivity contribution in [2.24, 2.45) is 13.0 Å². The van der Waals surface area contributed by atoms with Gasteiger partial charge in [-0.3, -0.25) is 0 Å². The van der Waals surface area contributed by atoms with Gasteiger partial charge in [0.05, 0.1) is 11.9 Å². The number of phenols is 1. The zero-order chi connectivity index (χ0) is 20.5. The summed E-state index contributed by atoms with van der Waals surface area (Å²) in [6.07, 6.45) is 1.69. The van der Waals surface area contributed by atoms with E-state index in [9.17, 15) is 10.2 Å². The van der Waals surface area contributed by atoms with E-state index in [0.29, 0.717) is 36.0 Å². The smallest absolute Gasteiger partial charge is 0.226 e. The van der Waals surface area contributed by atoms with Gasteiger partial charge >= 0.3 is 0 Å². The zero-order valence-corrected chi connectivity index (χ0v) is 17.0. The maximum absolute atomic E-state index is 10.2. The Morgan fingerprint density at radius 1 is 1.21 bits per heavy atom. The minimum Gasteiger partial charge on any atom is -0.507 e. The van der Waals surface area contributed by atoms with Crippen molar-refractivity contribution >= 4 is 22.9 Å². The highest BCUT2D eigenvalue weighted by atomic mass is 16.3. The molecule has 3 aromatic rings. The van der Waals surface area contributed by atoms with Crippen molar-refractivity contribution in [3.63, 3.8) is 0 Å². The van der Waals surface area contributed by atoms with Crippen LogP contribution in [0.5, 0.6) is 5.75 Å². The number of benzene rings is 1. The average Bonchev–Trinajstić information content (AvgIpc) is 3.01. The molecule has 0 aliphatic heterocycles. The Balaban J connectivity index is 1.85. The summed E-state index contributed by atoms with van der Waals surface area (Å²) in [6.45, 7) is 8.35. The molecule has 2 heterocycles. The third-order valence-electron chi connectivity index (χ3n) is 5.10. The Morgan fingerprint density at radius 3 is 2.68 bits per heavy atom. The van der Waals surface area contributed by atoms with Gasteiger partial charge < -0.3 is 25.4 Å². The molecule has 0 saturated heterocycles. The summed E-state index contributed by atoms with van der Waals surface area (Å²) in [5.41, 5.74) is 2.17. The summed E-state index contributed by atoms with van der Waals surface area (Å²) in [7, 11) is 1.88. The van der Waals surface area contributed by atoms with Crippen LogP contribution in [0.15, 0.2) is 24.5 Å². The molecule has 0 aliphatic carbocycles. The molecule has 0 bridgehead atoms. The number of aromatic nitrogens is 4. The van der Waals surface area contributed by atoms with E-state index >= 15 is 0 Å². The first-order valence-corrected chi connectivity index (χ1v) is 9.33. The van der Waals surface area contributed by atoms with Crippen LogP contribution in [-0.2, 0) is 13.6 Å². The standard InChI is InChI=1S/C20H28N6O2/c1-12-7-6-8-14(16(12)27)10-21-17-15-18(26(5)11-23-15)25-19(24-17)22-9-13(2)20(3,4)28/h6-8,11,13,27-28H,9-10H2,1-5H3,(H2,21,22,24,25). The molecule has 2 aromatic heterocycles. The summed E-state index contributed by atoms with van der Waals surface area (Å²) < 4.78 is 1.83. The fourth-order valence-corrected chi connectivity index (χ4v) is 2.74. The molecule has 0 saturated carbocycles. The predicted molar refractivity (Wildman–Crippen MR) is 110 cm³/mol. The van der Waals surface area contributed by atoms with Gasteiger partial charge in [-0.2, -0.15) is 9.97 Å². The van der Waals surface area contributed by atoms with Crippen molar-refractivity contribution in [1.29, 1.82) is 0 Å². The first-order chi connectivity index (χ1) is 13.2. The van der Waals surface area contributed by atoms with E-state index in [1.165, 1.54) is 0 Å². The van der Waals surface area contributed by atoms with E-state index in [1.807, 2.05) is 43.7 Å². The second kappa shape index (κ2) is 7.63. The fraction of sp³-hybridized carbons (Fsp3) is 0.450. The van der Waals surface area contributed by atoms with Gasteiger partial charge in [-0.1, -0.05) is 25.1 Å². The summed E-state index contributed by atoms with van der Waals surface area (Å²) in [6, 6.07) is 5.65. The van der Waals surface area contributed by atoms with Gasteiger partial charge in [0, 0.05) is 31.6 Å². The minimum atomic E-state index is -0.798. The lowest BCUT2D eigenvalue weighted by Gasteiger charge is -2.25. The Hall–Kier alpha value is -2.87. The third-order valence-corrected chi connectivity index (χ3v) is 5.10. The van der Waals surface area contributed by atoms with Crippen LogP contribution in [0.25, 0.3) is 11.2 Å². The molecule has 8 heteroatoms. The molecule has 4 N–H and O–H groups in total. The Labute approximate surface area is 164 Å². The first kappa shape index (κ1) is 19.9. The monoisotopic (exact) mass is 384 g/mol. The van der Waals surface area contributed by atoms with Crippen molar-refractivity contribution in [2.45, 2.75) is 39.8 Å². The summed E-state index contributed by atoms with van der Waals surface area (Å²) in [5, 5.41) is 26.8. The SMILES string of the molecule is Cc1cccc(CNc2nc(NCC(C)C(C)(C)O)nc3c2ncn3C)c1O. The quantitative estimate of drug-likeness (QED) is 0.496. The minimum absolute atomic E-state index is 0.0129. The lowest BCUT2D eigenvalue weighted by molar-refractivity contribution is 0.0303. The molecular weight excluding hydrogens is 356 g/mol. The fourth-order valence-electron chi connectivity index (χ4n) is 2.74. The van der Waals surface area contributed by atoms with Crippen LogP contribution >= 0.6 is 0 Å². The van der Waals surface area contributed by atoms with E-state index in [-0.39, 0.29) is 11.7 Å². The van der Waals surface area contributed by atoms with E-state index < -0.39 is 5.60 Å². The molecule has 28 heavy (non-hydrogen) atoms. The number of para-hydroxylation sites is 1. The number of rotatable bonds is 7. The first-order valence-electron chi connectivity index (χ1n) is 9.33. The molecule has 1 unspecified atom stereocenters. The van der Waals surface area contributed by atoms with Crippen molar-refractivity contribution in [3.05, 3.63) is 35.7 Å². The number of aryl methyl sites for hydroxylation is 2. The normalized spacial score (nSPS) is 12.9. The van der Waals surface area contributed by atoms with Crippen LogP contribution in [0, 0.1) is 12.8 Å². The number of aromatic hydroxyl groups is 1. The molecule has 150 valence electrons. The van der Waals surface area contributed by atoms with Gasteiger partial charge in [0.15, 0.2) is 17.0 Å². The molecule has 0 spiro atoms.